The van der Waals surface area contributed by atoms with Crippen molar-refractivity contribution in [3.8, 4) is 0 Å². The highest BCUT2D eigenvalue weighted by molar-refractivity contribution is 5.93. The Bertz CT molecular complexity index is 538. The minimum atomic E-state index is 0.424. The lowest BCUT2D eigenvalue weighted by molar-refractivity contribution is 0.459. The van der Waals surface area contributed by atoms with Crippen LogP contribution in [-0.4, -0.2) is 36.3 Å². The van der Waals surface area contributed by atoms with Crippen molar-refractivity contribution in [2.45, 2.75) is 12.5 Å². The fourth-order valence-electron chi connectivity index (χ4n) is 2.29. The number of hydrogen-bond donors (Lipinski definition) is 2. The molecule has 1 aliphatic heterocycles. The number of nitrogen functional groups attached to an aromatic ring is 1. The molecular formula is C11H15N5O. The predicted octanol–water partition coefficient (Wildman–Crippen LogP) is 0.603. The normalized spacial score (nSPS) is 20.3. The fraction of sp³-hybridized carbons (Fsp3) is 0.455. The Kier molecular flexibility index (Phi) is 2.36. The first kappa shape index (κ1) is 10.3. The summed E-state index contributed by atoms with van der Waals surface area (Å²) in [6, 6.07) is 2.34. The van der Waals surface area contributed by atoms with Crippen LogP contribution in [0, 0.1) is 0 Å². The predicted molar refractivity (Wildman–Crippen MR) is 65.9 cm³/mol. The van der Waals surface area contributed by atoms with Gasteiger partial charge in [-0.3, -0.25) is 0 Å². The van der Waals surface area contributed by atoms with Gasteiger partial charge in [-0.05, 0) is 19.5 Å². The molecule has 1 saturated heterocycles. The van der Waals surface area contributed by atoms with Gasteiger partial charge in [-0.25, -0.2) is 4.98 Å². The molecule has 0 radical (unpaired) electrons. The monoisotopic (exact) mass is 233 g/mol. The molecule has 90 valence electrons. The smallest absolute Gasteiger partial charge is 0.211 e. The van der Waals surface area contributed by atoms with Crippen LogP contribution in [0.5, 0.6) is 0 Å². The number of nitrogens with one attached hydrogen (secondary N) is 1. The topological polar surface area (TPSA) is 80.2 Å². The van der Waals surface area contributed by atoms with Gasteiger partial charge in [0, 0.05) is 25.3 Å². The summed E-state index contributed by atoms with van der Waals surface area (Å²) < 4.78 is 5.26. The van der Waals surface area contributed by atoms with E-state index in [-0.39, 0.29) is 0 Å². The molecule has 6 heteroatoms. The van der Waals surface area contributed by atoms with E-state index in [9.17, 15) is 0 Å². The van der Waals surface area contributed by atoms with Gasteiger partial charge in [0.2, 0.25) is 5.58 Å². The molecule has 0 spiro atoms. The molecule has 1 fully saturated rings. The van der Waals surface area contributed by atoms with Crippen LogP contribution in [-0.2, 0) is 0 Å². The van der Waals surface area contributed by atoms with Crippen LogP contribution < -0.4 is 16.0 Å². The summed E-state index contributed by atoms with van der Waals surface area (Å²) >= 11 is 0. The third-order valence-corrected chi connectivity index (χ3v) is 3.29. The van der Waals surface area contributed by atoms with Crippen molar-refractivity contribution >= 4 is 22.6 Å². The van der Waals surface area contributed by atoms with E-state index in [0.717, 1.165) is 30.7 Å². The first-order valence-electron chi connectivity index (χ1n) is 5.71. The fourth-order valence-corrected chi connectivity index (χ4v) is 2.29. The van der Waals surface area contributed by atoms with Gasteiger partial charge in [0.05, 0.1) is 5.39 Å². The summed E-state index contributed by atoms with van der Waals surface area (Å²) in [7, 11) is 1.98. The quantitative estimate of drug-likeness (QED) is 0.790. The number of hydrogen-bond acceptors (Lipinski definition) is 6. The molecule has 1 aliphatic rings. The lowest BCUT2D eigenvalue weighted by Gasteiger charge is -2.16. The highest BCUT2D eigenvalue weighted by Crippen LogP contribution is 2.29. The summed E-state index contributed by atoms with van der Waals surface area (Å²) in [6.45, 7) is 1.90. The summed E-state index contributed by atoms with van der Waals surface area (Å²) in [6.07, 6.45) is 2.86. The van der Waals surface area contributed by atoms with E-state index in [0.29, 0.717) is 17.4 Å². The van der Waals surface area contributed by atoms with Gasteiger partial charge in [0.25, 0.3) is 0 Å². The van der Waals surface area contributed by atoms with Crippen molar-refractivity contribution in [3.05, 3.63) is 12.3 Å². The van der Waals surface area contributed by atoms with E-state index >= 15 is 0 Å². The molecule has 1 unspecified atom stereocenters. The Labute approximate surface area is 98.8 Å². The van der Waals surface area contributed by atoms with Gasteiger partial charge in [0.1, 0.15) is 0 Å². The number of aromatic nitrogens is 2. The van der Waals surface area contributed by atoms with Crippen LogP contribution in [0.3, 0.4) is 0 Å². The highest BCUT2D eigenvalue weighted by atomic mass is 16.5. The SMILES string of the molecule is CNC1CCN(c2nccc3c(N)noc23)C1. The Morgan fingerprint density at radius 3 is 3.24 bits per heavy atom. The third kappa shape index (κ3) is 1.61. The molecule has 17 heavy (non-hydrogen) atoms. The van der Waals surface area contributed by atoms with Crippen LogP contribution in [0.25, 0.3) is 11.0 Å². The second-order valence-corrected chi connectivity index (χ2v) is 4.30. The van der Waals surface area contributed by atoms with Crippen molar-refractivity contribution in [3.63, 3.8) is 0 Å². The van der Waals surface area contributed by atoms with Crippen molar-refractivity contribution in [1.29, 1.82) is 0 Å². The van der Waals surface area contributed by atoms with Crippen LogP contribution >= 0.6 is 0 Å². The molecule has 1 atom stereocenters. The Morgan fingerprint density at radius 2 is 2.47 bits per heavy atom. The van der Waals surface area contributed by atoms with Gasteiger partial charge < -0.3 is 20.5 Å². The zero-order valence-electron chi connectivity index (χ0n) is 9.68. The van der Waals surface area contributed by atoms with Crippen molar-refractivity contribution in [1.82, 2.24) is 15.5 Å². The van der Waals surface area contributed by atoms with Gasteiger partial charge in [-0.15, -0.1) is 0 Å². The Morgan fingerprint density at radius 1 is 1.59 bits per heavy atom. The summed E-state index contributed by atoms with van der Waals surface area (Å²) in [4.78, 5) is 6.58. The van der Waals surface area contributed by atoms with E-state index in [2.05, 4.69) is 20.4 Å². The molecular weight excluding hydrogens is 218 g/mol. The Hall–Kier alpha value is -1.82. The molecule has 2 aromatic heterocycles. The third-order valence-electron chi connectivity index (χ3n) is 3.29. The zero-order chi connectivity index (χ0) is 11.8. The van der Waals surface area contributed by atoms with Gasteiger partial charge in [0.15, 0.2) is 11.6 Å². The zero-order valence-corrected chi connectivity index (χ0v) is 9.68. The van der Waals surface area contributed by atoms with Gasteiger partial charge >= 0.3 is 0 Å². The maximum absolute atomic E-state index is 5.73. The molecule has 0 bridgehead atoms. The molecule has 3 rings (SSSR count). The van der Waals surface area contributed by atoms with E-state index in [1.165, 1.54) is 0 Å². The molecule has 0 saturated carbocycles. The summed E-state index contributed by atoms with van der Waals surface area (Å²) in [5, 5.41) is 7.90. The Balaban J connectivity index is 2.00. The molecule has 2 aromatic rings. The molecule has 3 heterocycles. The number of nitrogens with two attached hydrogens (primary N) is 1. The number of fused-ring (bicyclic) bond motifs is 1. The van der Waals surface area contributed by atoms with Crippen LogP contribution in [0.15, 0.2) is 16.8 Å². The van der Waals surface area contributed by atoms with E-state index < -0.39 is 0 Å². The minimum Gasteiger partial charge on any atom is -0.380 e. The van der Waals surface area contributed by atoms with Crippen LogP contribution in [0.4, 0.5) is 11.6 Å². The van der Waals surface area contributed by atoms with Gasteiger partial charge in [-0.1, -0.05) is 5.16 Å². The van der Waals surface area contributed by atoms with Crippen molar-refractivity contribution in [2.24, 2.45) is 0 Å². The lowest BCUT2D eigenvalue weighted by Crippen LogP contribution is -2.29. The number of pyridine rings is 1. The number of nitrogens with zero attached hydrogens (tertiary/aromatic N) is 3. The van der Waals surface area contributed by atoms with Crippen LogP contribution in [0.1, 0.15) is 6.42 Å². The maximum Gasteiger partial charge on any atom is 0.211 e. The average molecular weight is 233 g/mol. The van der Waals surface area contributed by atoms with Crippen molar-refractivity contribution < 1.29 is 4.52 Å². The molecule has 0 aliphatic carbocycles. The number of rotatable bonds is 2. The molecule has 3 N–H and O–H groups in total. The minimum absolute atomic E-state index is 0.424. The molecule has 0 aromatic carbocycles. The lowest BCUT2D eigenvalue weighted by atomic mass is 10.3. The first-order chi connectivity index (χ1) is 8.29. The molecule has 6 nitrogen and oxygen atoms in total. The number of likely N-dealkylation sites (N-methyl/N-ethyl adjacent to an activating group) is 1. The summed E-state index contributed by atoms with van der Waals surface area (Å²) in [5.41, 5.74) is 6.42. The van der Waals surface area contributed by atoms with E-state index in [4.69, 9.17) is 10.3 Å². The maximum atomic E-state index is 5.73. The largest absolute Gasteiger partial charge is 0.380 e. The van der Waals surface area contributed by atoms with Crippen molar-refractivity contribution in [2.75, 3.05) is 30.8 Å². The molecule has 0 amide bonds. The number of anilines is 2. The van der Waals surface area contributed by atoms with E-state index in [1.807, 2.05) is 13.1 Å². The first-order valence-corrected chi connectivity index (χ1v) is 5.71. The second-order valence-electron chi connectivity index (χ2n) is 4.30. The highest BCUT2D eigenvalue weighted by Gasteiger charge is 2.25. The average Bonchev–Trinajstić information content (AvgIpc) is 2.96. The second kappa shape index (κ2) is 3.89. The van der Waals surface area contributed by atoms with E-state index in [1.54, 1.807) is 6.20 Å². The summed E-state index contributed by atoms with van der Waals surface area (Å²) in [5.74, 6) is 1.26. The van der Waals surface area contributed by atoms with Gasteiger partial charge in [-0.2, -0.15) is 0 Å². The van der Waals surface area contributed by atoms with Crippen LogP contribution in [0.2, 0.25) is 0 Å². The standard InChI is InChI=1S/C11H15N5O/c1-13-7-3-5-16(6-7)11-9-8(2-4-14-11)10(12)15-17-9/h2,4,7,13H,3,5-6H2,1H3,(H2,12,15).